The molecule has 1 unspecified atom stereocenters. The zero-order chi connectivity index (χ0) is 15.6. The molecule has 1 atom stereocenters. The smallest absolute Gasteiger partial charge is 0.416 e. The van der Waals surface area contributed by atoms with Crippen molar-refractivity contribution in [2.75, 3.05) is 7.11 Å². The minimum absolute atomic E-state index is 0.190. The molecule has 2 rings (SSSR count). The number of aliphatic hydroxyl groups is 1. The SMILES string of the molecule is COc1cc(C(O)c2cccc(C(F)(F)F)c2)ccc1C. The van der Waals surface area contributed by atoms with Crippen LogP contribution in [0.2, 0.25) is 0 Å². The highest BCUT2D eigenvalue weighted by molar-refractivity contribution is 5.41. The number of hydrogen-bond donors (Lipinski definition) is 1. The number of halogens is 3. The van der Waals surface area contributed by atoms with Crippen LogP contribution in [0.5, 0.6) is 5.75 Å². The number of aryl methyl sites for hydroxylation is 1. The summed E-state index contributed by atoms with van der Waals surface area (Å²) < 4.78 is 43.3. The van der Waals surface area contributed by atoms with Gasteiger partial charge in [-0.2, -0.15) is 13.2 Å². The van der Waals surface area contributed by atoms with Gasteiger partial charge in [0.2, 0.25) is 0 Å². The van der Waals surface area contributed by atoms with E-state index in [-0.39, 0.29) is 5.56 Å². The molecule has 5 heteroatoms. The van der Waals surface area contributed by atoms with Gasteiger partial charge in [0, 0.05) is 0 Å². The van der Waals surface area contributed by atoms with E-state index in [0.29, 0.717) is 11.3 Å². The normalized spacial score (nSPS) is 13.0. The van der Waals surface area contributed by atoms with Gasteiger partial charge in [0.25, 0.3) is 0 Å². The average molecular weight is 296 g/mol. The quantitative estimate of drug-likeness (QED) is 0.924. The number of benzene rings is 2. The van der Waals surface area contributed by atoms with E-state index in [1.165, 1.54) is 19.2 Å². The predicted molar refractivity (Wildman–Crippen MR) is 73.2 cm³/mol. The van der Waals surface area contributed by atoms with Gasteiger partial charge < -0.3 is 9.84 Å². The maximum atomic E-state index is 12.7. The third-order valence-electron chi connectivity index (χ3n) is 3.28. The Morgan fingerprint density at radius 2 is 1.71 bits per heavy atom. The first kappa shape index (κ1) is 15.4. The van der Waals surface area contributed by atoms with Gasteiger partial charge in [-0.1, -0.05) is 24.3 Å². The van der Waals surface area contributed by atoms with Gasteiger partial charge in [0.15, 0.2) is 0 Å². The molecular formula is C16H15F3O2. The molecule has 0 radical (unpaired) electrons. The second-order valence-corrected chi connectivity index (χ2v) is 4.75. The van der Waals surface area contributed by atoms with E-state index in [4.69, 9.17) is 4.74 Å². The third kappa shape index (κ3) is 3.36. The van der Waals surface area contributed by atoms with Crippen LogP contribution in [0.15, 0.2) is 42.5 Å². The lowest BCUT2D eigenvalue weighted by Crippen LogP contribution is -2.07. The van der Waals surface area contributed by atoms with E-state index < -0.39 is 17.8 Å². The molecule has 1 N–H and O–H groups in total. The summed E-state index contributed by atoms with van der Waals surface area (Å²) in [5.74, 6) is 0.582. The van der Waals surface area contributed by atoms with Gasteiger partial charge in [-0.15, -0.1) is 0 Å². The lowest BCUT2D eigenvalue weighted by molar-refractivity contribution is -0.137. The Balaban J connectivity index is 2.38. The molecule has 0 fully saturated rings. The number of aliphatic hydroxyl groups excluding tert-OH is 1. The van der Waals surface area contributed by atoms with Crippen LogP contribution in [0.1, 0.15) is 28.4 Å². The number of ether oxygens (including phenoxy) is 1. The Morgan fingerprint density at radius 3 is 2.33 bits per heavy atom. The van der Waals surface area contributed by atoms with Crippen molar-refractivity contribution in [3.63, 3.8) is 0 Å². The lowest BCUT2D eigenvalue weighted by atomic mass is 9.98. The fourth-order valence-corrected chi connectivity index (χ4v) is 2.08. The van der Waals surface area contributed by atoms with Gasteiger partial charge >= 0.3 is 6.18 Å². The van der Waals surface area contributed by atoms with Gasteiger partial charge in [-0.25, -0.2) is 0 Å². The highest BCUT2D eigenvalue weighted by Crippen LogP contribution is 2.33. The molecule has 112 valence electrons. The first-order valence-electron chi connectivity index (χ1n) is 6.32. The first-order valence-corrected chi connectivity index (χ1v) is 6.32. The largest absolute Gasteiger partial charge is 0.496 e. The lowest BCUT2D eigenvalue weighted by Gasteiger charge is -2.15. The van der Waals surface area contributed by atoms with Gasteiger partial charge in [0.1, 0.15) is 11.9 Å². The average Bonchev–Trinajstić information content (AvgIpc) is 2.46. The van der Waals surface area contributed by atoms with Crippen LogP contribution in [-0.2, 0) is 6.18 Å². The number of methoxy groups -OCH3 is 1. The molecule has 2 nitrogen and oxygen atoms in total. The van der Waals surface area contributed by atoms with Crippen molar-refractivity contribution in [3.8, 4) is 5.75 Å². The third-order valence-corrected chi connectivity index (χ3v) is 3.28. The van der Waals surface area contributed by atoms with Crippen LogP contribution in [0.25, 0.3) is 0 Å². The topological polar surface area (TPSA) is 29.5 Å². The summed E-state index contributed by atoms with van der Waals surface area (Å²) in [4.78, 5) is 0. The molecule has 0 amide bonds. The Morgan fingerprint density at radius 1 is 1.05 bits per heavy atom. The maximum absolute atomic E-state index is 12.7. The molecule has 21 heavy (non-hydrogen) atoms. The van der Waals surface area contributed by atoms with Crippen molar-refractivity contribution >= 4 is 0 Å². The summed E-state index contributed by atoms with van der Waals surface area (Å²) in [6, 6.07) is 9.73. The van der Waals surface area contributed by atoms with Crippen molar-refractivity contribution in [1.82, 2.24) is 0 Å². The predicted octanol–water partition coefficient (Wildman–Crippen LogP) is 4.10. The molecular weight excluding hydrogens is 281 g/mol. The molecule has 0 spiro atoms. The summed E-state index contributed by atoms with van der Waals surface area (Å²) in [5, 5.41) is 10.3. The van der Waals surface area contributed by atoms with Crippen LogP contribution >= 0.6 is 0 Å². The van der Waals surface area contributed by atoms with Crippen LogP contribution < -0.4 is 4.74 Å². The van der Waals surface area contributed by atoms with E-state index in [9.17, 15) is 18.3 Å². The molecule has 0 aliphatic heterocycles. The number of rotatable bonds is 3. The number of hydrogen-bond acceptors (Lipinski definition) is 2. The summed E-state index contributed by atoms with van der Waals surface area (Å²) in [5.41, 5.74) is 0.781. The molecule has 0 aromatic heterocycles. The van der Waals surface area contributed by atoms with Gasteiger partial charge in [0.05, 0.1) is 12.7 Å². The zero-order valence-electron chi connectivity index (χ0n) is 11.6. The Bertz CT molecular complexity index is 636. The molecule has 0 heterocycles. The van der Waals surface area contributed by atoms with Crippen molar-refractivity contribution in [2.24, 2.45) is 0 Å². The van der Waals surface area contributed by atoms with Crippen molar-refractivity contribution in [3.05, 3.63) is 64.7 Å². The van der Waals surface area contributed by atoms with Crippen LogP contribution in [0.4, 0.5) is 13.2 Å². The van der Waals surface area contributed by atoms with Crippen molar-refractivity contribution in [2.45, 2.75) is 19.2 Å². The summed E-state index contributed by atoms with van der Waals surface area (Å²) in [6.07, 6.45) is -5.57. The van der Waals surface area contributed by atoms with E-state index in [0.717, 1.165) is 17.7 Å². The molecule has 2 aromatic rings. The van der Waals surface area contributed by atoms with Crippen molar-refractivity contribution < 1.29 is 23.0 Å². The first-order chi connectivity index (χ1) is 9.82. The molecule has 0 bridgehead atoms. The van der Waals surface area contributed by atoms with Crippen molar-refractivity contribution in [1.29, 1.82) is 0 Å². The van der Waals surface area contributed by atoms with E-state index in [2.05, 4.69) is 0 Å². The molecule has 0 aliphatic rings. The van der Waals surface area contributed by atoms with Crippen LogP contribution in [0, 0.1) is 6.92 Å². The van der Waals surface area contributed by atoms with Crippen LogP contribution in [0.3, 0.4) is 0 Å². The summed E-state index contributed by atoms with van der Waals surface area (Å²) in [7, 11) is 1.50. The fourth-order valence-electron chi connectivity index (χ4n) is 2.08. The highest BCUT2D eigenvalue weighted by atomic mass is 19.4. The zero-order valence-corrected chi connectivity index (χ0v) is 11.6. The second kappa shape index (κ2) is 5.77. The second-order valence-electron chi connectivity index (χ2n) is 4.75. The Labute approximate surface area is 120 Å². The van der Waals surface area contributed by atoms with E-state index >= 15 is 0 Å². The maximum Gasteiger partial charge on any atom is 0.416 e. The van der Waals surface area contributed by atoms with E-state index in [1.807, 2.05) is 6.92 Å². The Kier molecular flexibility index (Phi) is 4.23. The highest BCUT2D eigenvalue weighted by Gasteiger charge is 2.31. The van der Waals surface area contributed by atoms with Gasteiger partial charge in [-0.3, -0.25) is 0 Å². The monoisotopic (exact) mass is 296 g/mol. The molecule has 2 aromatic carbocycles. The number of alkyl halides is 3. The van der Waals surface area contributed by atoms with Crippen LogP contribution in [-0.4, -0.2) is 12.2 Å². The summed E-state index contributed by atoms with van der Waals surface area (Å²) in [6.45, 7) is 1.85. The summed E-state index contributed by atoms with van der Waals surface area (Å²) >= 11 is 0. The van der Waals surface area contributed by atoms with E-state index in [1.54, 1.807) is 18.2 Å². The standard InChI is InChI=1S/C16H15F3O2/c1-10-6-7-12(9-14(10)21-2)15(20)11-4-3-5-13(8-11)16(17,18)19/h3-9,15,20H,1-2H3. The minimum atomic E-state index is -4.43. The Hall–Kier alpha value is -2.01. The molecule has 0 saturated carbocycles. The molecule has 0 saturated heterocycles. The molecule has 0 aliphatic carbocycles. The van der Waals surface area contributed by atoms with Gasteiger partial charge in [-0.05, 0) is 41.8 Å². The fraction of sp³-hybridized carbons (Fsp3) is 0.250. The minimum Gasteiger partial charge on any atom is -0.496 e.